The number of hydrogen-bond donors (Lipinski definition) is 2. The highest BCUT2D eigenvalue weighted by atomic mass is 16.2. The van der Waals surface area contributed by atoms with E-state index in [-0.39, 0.29) is 11.9 Å². The molecule has 19 heavy (non-hydrogen) atoms. The summed E-state index contributed by atoms with van der Waals surface area (Å²) in [4.78, 5) is 13.8. The van der Waals surface area contributed by atoms with Crippen LogP contribution in [-0.2, 0) is 18.4 Å². The predicted molar refractivity (Wildman–Crippen MR) is 77.3 cm³/mol. The van der Waals surface area contributed by atoms with Crippen LogP contribution < -0.4 is 15.5 Å². The zero-order valence-corrected chi connectivity index (χ0v) is 12.7. The van der Waals surface area contributed by atoms with Gasteiger partial charge < -0.3 is 15.5 Å². The molecule has 0 atom stereocenters. The Hall–Kier alpha value is -1.56. The maximum Gasteiger partial charge on any atom is 0.239 e. The number of amides is 1. The predicted octanol–water partition coefficient (Wildman–Crippen LogP) is 0.409. The molecule has 108 valence electrons. The van der Waals surface area contributed by atoms with Gasteiger partial charge in [-0.25, -0.2) is 0 Å². The lowest BCUT2D eigenvalue weighted by molar-refractivity contribution is -0.120. The number of aryl methyl sites for hydroxylation is 2. The number of aromatic nitrogens is 2. The second-order valence-corrected chi connectivity index (χ2v) is 5.12. The van der Waals surface area contributed by atoms with E-state index < -0.39 is 0 Å². The highest BCUT2D eigenvalue weighted by molar-refractivity contribution is 5.81. The Morgan fingerprint density at radius 2 is 2.11 bits per heavy atom. The van der Waals surface area contributed by atoms with Crippen LogP contribution >= 0.6 is 0 Å². The first-order valence-corrected chi connectivity index (χ1v) is 6.54. The highest BCUT2D eigenvalue weighted by Gasteiger charge is 2.18. The molecule has 1 aromatic heterocycles. The first kappa shape index (κ1) is 15.5. The summed E-state index contributed by atoms with van der Waals surface area (Å²) in [5.74, 6) is 0.998. The third kappa shape index (κ3) is 3.96. The zero-order chi connectivity index (χ0) is 14.6. The molecular weight excluding hydrogens is 242 g/mol. The van der Waals surface area contributed by atoms with Crippen molar-refractivity contribution in [2.24, 2.45) is 7.05 Å². The van der Waals surface area contributed by atoms with Crippen molar-refractivity contribution in [2.75, 3.05) is 25.5 Å². The van der Waals surface area contributed by atoms with Gasteiger partial charge in [-0.3, -0.25) is 9.48 Å². The minimum absolute atomic E-state index is 0.0201. The summed E-state index contributed by atoms with van der Waals surface area (Å²) in [7, 11) is 5.72. The maximum absolute atomic E-state index is 11.8. The van der Waals surface area contributed by atoms with Crippen LogP contribution in [-0.4, -0.2) is 42.4 Å². The summed E-state index contributed by atoms with van der Waals surface area (Å²) >= 11 is 0. The molecular formula is C13H25N5O. The van der Waals surface area contributed by atoms with E-state index in [2.05, 4.69) is 15.7 Å². The molecule has 0 spiro atoms. The summed E-state index contributed by atoms with van der Waals surface area (Å²) in [6.45, 7) is 6.97. The Kier molecular flexibility index (Phi) is 5.35. The average Bonchev–Trinajstić information content (AvgIpc) is 2.53. The smallest absolute Gasteiger partial charge is 0.239 e. The van der Waals surface area contributed by atoms with Crippen LogP contribution in [0.4, 0.5) is 5.82 Å². The van der Waals surface area contributed by atoms with E-state index in [4.69, 9.17) is 0 Å². The fraction of sp³-hybridized carbons (Fsp3) is 0.692. The highest BCUT2D eigenvalue weighted by Crippen LogP contribution is 2.21. The van der Waals surface area contributed by atoms with Gasteiger partial charge in [0, 0.05) is 32.2 Å². The van der Waals surface area contributed by atoms with Crippen LogP contribution in [0.15, 0.2) is 0 Å². The maximum atomic E-state index is 11.8. The van der Waals surface area contributed by atoms with Crippen molar-refractivity contribution in [3.05, 3.63) is 11.3 Å². The molecule has 0 aliphatic carbocycles. The van der Waals surface area contributed by atoms with Gasteiger partial charge in [0.1, 0.15) is 5.82 Å². The fourth-order valence-electron chi connectivity index (χ4n) is 2.21. The quantitative estimate of drug-likeness (QED) is 0.783. The summed E-state index contributed by atoms with van der Waals surface area (Å²) in [6.07, 6.45) is 0. The van der Waals surface area contributed by atoms with Crippen LogP contribution in [0.1, 0.15) is 25.1 Å². The lowest BCUT2D eigenvalue weighted by atomic mass is 10.2. The Morgan fingerprint density at radius 3 is 2.63 bits per heavy atom. The summed E-state index contributed by atoms with van der Waals surface area (Å²) < 4.78 is 1.82. The van der Waals surface area contributed by atoms with Gasteiger partial charge in [-0.15, -0.1) is 0 Å². The van der Waals surface area contributed by atoms with Gasteiger partial charge in [0.2, 0.25) is 5.91 Å². The van der Waals surface area contributed by atoms with Crippen molar-refractivity contribution in [3.63, 3.8) is 0 Å². The van der Waals surface area contributed by atoms with E-state index in [9.17, 15) is 4.79 Å². The summed E-state index contributed by atoms with van der Waals surface area (Å²) in [5.41, 5.74) is 2.12. The molecule has 6 heteroatoms. The largest absolute Gasteiger partial charge is 0.352 e. The molecule has 0 aliphatic heterocycles. The molecule has 0 bridgehead atoms. The Labute approximate surface area is 115 Å². The standard InChI is InChI=1S/C13H25N5O/c1-9(2)15-12(19)8-17(5)13-11(7-14-4)10(3)16-18(13)6/h9,14H,7-8H2,1-6H3,(H,15,19). The fourth-order valence-corrected chi connectivity index (χ4v) is 2.21. The van der Waals surface area contributed by atoms with Crippen molar-refractivity contribution in [2.45, 2.75) is 33.4 Å². The molecule has 1 aromatic rings. The monoisotopic (exact) mass is 267 g/mol. The molecule has 1 heterocycles. The second-order valence-electron chi connectivity index (χ2n) is 5.12. The van der Waals surface area contributed by atoms with Crippen molar-refractivity contribution in [3.8, 4) is 0 Å². The first-order chi connectivity index (χ1) is 8.86. The molecule has 0 aliphatic rings. The van der Waals surface area contributed by atoms with Crippen molar-refractivity contribution in [1.29, 1.82) is 0 Å². The second kappa shape index (κ2) is 6.56. The number of nitrogens with zero attached hydrogens (tertiary/aromatic N) is 3. The summed E-state index contributed by atoms with van der Waals surface area (Å²) in [5, 5.41) is 10.5. The van der Waals surface area contributed by atoms with Crippen molar-refractivity contribution in [1.82, 2.24) is 20.4 Å². The molecule has 0 unspecified atom stereocenters. The van der Waals surface area contributed by atoms with E-state index in [1.807, 2.05) is 51.5 Å². The molecule has 0 saturated carbocycles. The number of likely N-dealkylation sites (N-methyl/N-ethyl adjacent to an activating group) is 1. The molecule has 6 nitrogen and oxygen atoms in total. The third-order valence-corrected chi connectivity index (χ3v) is 2.86. The SMILES string of the molecule is CNCc1c(C)nn(C)c1N(C)CC(=O)NC(C)C. The molecule has 1 amide bonds. The molecule has 1 rings (SSSR count). The van der Waals surface area contributed by atoms with Crippen LogP contribution in [0.5, 0.6) is 0 Å². The van der Waals surface area contributed by atoms with E-state index in [1.54, 1.807) is 0 Å². The number of anilines is 1. The minimum atomic E-state index is 0.0201. The van der Waals surface area contributed by atoms with Crippen LogP contribution in [0.3, 0.4) is 0 Å². The minimum Gasteiger partial charge on any atom is -0.352 e. The number of carbonyl (C=O) groups is 1. The molecule has 2 N–H and O–H groups in total. The molecule has 0 fully saturated rings. The van der Waals surface area contributed by atoms with Crippen molar-refractivity contribution >= 4 is 11.7 Å². The van der Waals surface area contributed by atoms with Gasteiger partial charge in [0.05, 0.1) is 12.2 Å². The number of carbonyl (C=O) groups excluding carboxylic acids is 1. The van der Waals surface area contributed by atoms with E-state index in [0.717, 1.165) is 23.6 Å². The van der Waals surface area contributed by atoms with E-state index in [0.29, 0.717) is 6.54 Å². The topological polar surface area (TPSA) is 62.2 Å². The van der Waals surface area contributed by atoms with Crippen molar-refractivity contribution < 1.29 is 4.79 Å². The first-order valence-electron chi connectivity index (χ1n) is 6.54. The van der Waals surface area contributed by atoms with Gasteiger partial charge in [0.15, 0.2) is 0 Å². The van der Waals surface area contributed by atoms with E-state index in [1.165, 1.54) is 0 Å². The number of rotatable bonds is 6. The van der Waals surface area contributed by atoms with Gasteiger partial charge in [-0.1, -0.05) is 0 Å². The molecule has 0 radical (unpaired) electrons. The number of hydrogen-bond acceptors (Lipinski definition) is 4. The Bertz CT molecular complexity index is 438. The average molecular weight is 267 g/mol. The third-order valence-electron chi connectivity index (χ3n) is 2.86. The van der Waals surface area contributed by atoms with Gasteiger partial charge in [0.25, 0.3) is 0 Å². The Morgan fingerprint density at radius 1 is 1.47 bits per heavy atom. The molecule has 0 aromatic carbocycles. The van der Waals surface area contributed by atoms with Gasteiger partial charge >= 0.3 is 0 Å². The Balaban J connectivity index is 2.86. The van der Waals surface area contributed by atoms with Crippen LogP contribution in [0, 0.1) is 6.92 Å². The molecule has 0 saturated heterocycles. The van der Waals surface area contributed by atoms with Gasteiger partial charge in [-0.2, -0.15) is 5.10 Å². The zero-order valence-electron chi connectivity index (χ0n) is 12.7. The van der Waals surface area contributed by atoms with Gasteiger partial charge in [-0.05, 0) is 27.8 Å². The van der Waals surface area contributed by atoms with Crippen LogP contribution in [0.25, 0.3) is 0 Å². The lowest BCUT2D eigenvalue weighted by Gasteiger charge is -2.21. The van der Waals surface area contributed by atoms with Crippen LogP contribution in [0.2, 0.25) is 0 Å². The van der Waals surface area contributed by atoms with E-state index >= 15 is 0 Å². The number of nitrogens with one attached hydrogen (secondary N) is 2. The normalized spacial score (nSPS) is 10.9. The summed E-state index contributed by atoms with van der Waals surface area (Å²) in [6, 6.07) is 0.158. The lowest BCUT2D eigenvalue weighted by Crippen LogP contribution is -2.39.